The molecule has 0 radical (unpaired) electrons. The van der Waals surface area contributed by atoms with E-state index >= 15 is 0 Å². The molecule has 136 valence electrons. The van der Waals surface area contributed by atoms with E-state index in [1.54, 1.807) is 17.0 Å². The maximum absolute atomic E-state index is 12.7. The Labute approximate surface area is 153 Å². The van der Waals surface area contributed by atoms with E-state index < -0.39 is 10.0 Å². The number of carbonyl (C=O) groups is 1. The standard InChI is InChI=1S/C15H16N6O3S2/c1-9-16-11-5-4-10(8-12(11)25-9)26(23,24)19-14-13(17-20-18-14)15(22)21-6-2-3-7-21/h4-5,8H,2-3,6-7H2,1H3,(H2,17,18,19,20). The molecular formula is C15H16N6O3S2. The molecule has 2 aromatic heterocycles. The van der Waals surface area contributed by atoms with Gasteiger partial charge in [0.25, 0.3) is 15.9 Å². The molecule has 0 saturated carbocycles. The van der Waals surface area contributed by atoms with Gasteiger partial charge in [-0.05, 0) is 38.0 Å². The molecular weight excluding hydrogens is 376 g/mol. The number of sulfonamides is 1. The molecule has 2 N–H and O–H groups in total. The van der Waals surface area contributed by atoms with Gasteiger partial charge in [0.2, 0.25) is 0 Å². The fourth-order valence-corrected chi connectivity index (χ4v) is 4.87. The molecule has 4 rings (SSSR count). The molecule has 3 aromatic rings. The van der Waals surface area contributed by atoms with Crippen molar-refractivity contribution in [1.82, 2.24) is 25.3 Å². The van der Waals surface area contributed by atoms with Gasteiger partial charge >= 0.3 is 0 Å². The Morgan fingerprint density at radius 1 is 1.27 bits per heavy atom. The summed E-state index contributed by atoms with van der Waals surface area (Å²) in [7, 11) is -3.91. The van der Waals surface area contributed by atoms with Crippen LogP contribution in [0.1, 0.15) is 28.3 Å². The molecule has 1 aromatic carbocycles. The van der Waals surface area contributed by atoms with E-state index in [9.17, 15) is 13.2 Å². The number of thiazole rings is 1. The molecule has 3 heterocycles. The third-order valence-electron chi connectivity index (χ3n) is 4.15. The van der Waals surface area contributed by atoms with Crippen molar-refractivity contribution in [2.75, 3.05) is 17.8 Å². The van der Waals surface area contributed by atoms with Gasteiger partial charge in [0.05, 0.1) is 20.1 Å². The highest BCUT2D eigenvalue weighted by molar-refractivity contribution is 7.92. The number of carbonyl (C=O) groups excluding carboxylic acids is 1. The van der Waals surface area contributed by atoms with Gasteiger partial charge in [0.1, 0.15) is 0 Å². The van der Waals surface area contributed by atoms with Crippen molar-refractivity contribution >= 4 is 43.3 Å². The zero-order valence-corrected chi connectivity index (χ0v) is 15.5. The van der Waals surface area contributed by atoms with E-state index in [1.165, 1.54) is 17.4 Å². The summed E-state index contributed by atoms with van der Waals surface area (Å²) in [4.78, 5) is 18.5. The third-order valence-corrected chi connectivity index (χ3v) is 6.42. The van der Waals surface area contributed by atoms with Crippen LogP contribution in [0.3, 0.4) is 0 Å². The zero-order valence-electron chi connectivity index (χ0n) is 13.9. The highest BCUT2D eigenvalue weighted by atomic mass is 32.2. The van der Waals surface area contributed by atoms with Crippen LogP contribution >= 0.6 is 11.3 Å². The fourth-order valence-electron chi connectivity index (χ4n) is 2.89. The molecule has 1 amide bonds. The van der Waals surface area contributed by atoms with Crippen LogP contribution in [0.5, 0.6) is 0 Å². The molecule has 0 atom stereocenters. The summed E-state index contributed by atoms with van der Waals surface area (Å²) in [6.07, 6.45) is 1.86. The average Bonchev–Trinajstić information content (AvgIpc) is 3.33. The monoisotopic (exact) mass is 392 g/mol. The largest absolute Gasteiger partial charge is 0.337 e. The van der Waals surface area contributed by atoms with Crippen molar-refractivity contribution in [3.8, 4) is 0 Å². The number of hydrogen-bond donors (Lipinski definition) is 2. The molecule has 0 bridgehead atoms. The van der Waals surface area contributed by atoms with Crippen molar-refractivity contribution in [2.45, 2.75) is 24.7 Å². The summed E-state index contributed by atoms with van der Waals surface area (Å²) >= 11 is 1.42. The number of amides is 1. The van der Waals surface area contributed by atoms with E-state index in [2.05, 4.69) is 25.1 Å². The van der Waals surface area contributed by atoms with E-state index in [4.69, 9.17) is 0 Å². The van der Waals surface area contributed by atoms with Gasteiger partial charge in [-0.3, -0.25) is 9.52 Å². The van der Waals surface area contributed by atoms with Crippen LogP contribution in [0.2, 0.25) is 0 Å². The lowest BCUT2D eigenvalue weighted by Gasteiger charge is -2.14. The van der Waals surface area contributed by atoms with Crippen LogP contribution in [-0.4, -0.2) is 52.7 Å². The first-order valence-electron chi connectivity index (χ1n) is 8.04. The minimum atomic E-state index is -3.91. The molecule has 1 fully saturated rings. The molecule has 0 unspecified atom stereocenters. The lowest BCUT2D eigenvalue weighted by molar-refractivity contribution is 0.0788. The second kappa shape index (κ2) is 6.32. The molecule has 1 aliphatic rings. The predicted molar refractivity (Wildman–Crippen MR) is 96.7 cm³/mol. The number of anilines is 1. The number of likely N-dealkylation sites (tertiary alicyclic amines) is 1. The summed E-state index contributed by atoms with van der Waals surface area (Å²) in [5.41, 5.74) is 0.725. The topological polar surface area (TPSA) is 121 Å². The predicted octanol–water partition coefficient (Wildman–Crippen LogP) is 1.76. The first kappa shape index (κ1) is 16.9. The molecule has 0 aliphatic carbocycles. The fraction of sp³-hybridized carbons (Fsp3) is 0.333. The quantitative estimate of drug-likeness (QED) is 0.698. The Hall–Kier alpha value is -2.53. The van der Waals surface area contributed by atoms with Gasteiger partial charge < -0.3 is 4.90 Å². The zero-order chi connectivity index (χ0) is 18.3. The Morgan fingerprint density at radius 3 is 2.81 bits per heavy atom. The summed E-state index contributed by atoms with van der Waals surface area (Å²) in [5.74, 6) is -0.426. The number of benzene rings is 1. The maximum Gasteiger partial charge on any atom is 0.278 e. The number of H-pyrrole nitrogens is 1. The molecule has 0 spiro atoms. The molecule has 1 saturated heterocycles. The van der Waals surface area contributed by atoms with Gasteiger partial charge in [-0.1, -0.05) is 0 Å². The van der Waals surface area contributed by atoms with Crippen LogP contribution in [0, 0.1) is 6.92 Å². The summed E-state index contributed by atoms with van der Waals surface area (Å²) < 4.78 is 28.6. The van der Waals surface area contributed by atoms with Crippen LogP contribution in [-0.2, 0) is 10.0 Å². The third kappa shape index (κ3) is 3.03. The number of aromatic nitrogens is 4. The smallest absolute Gasteiger partial charge is 0.278 e. The Bertz CT molecular complexity index is 1080. The number of fused-ring (bicyclic) bond motifs is 1. The van der Waals surface area contributed by atoms with E-state index in [-0.39, 0.29) is 22.3 Å². The summed E-state index contributed by atoms with van der Waals surface area (Å²) in [5, 5.41) is 10.8. The summed E-state index contributed by atoms with van der Waals surface area (Å²) in [6.45, 7) is 3.14. The van der Waals surface area contributed by atoms with Crippen molar-refractivity contribution in [3.05, 3.63) is 28.9 Å². The Kier molecular flexibility index (Phi) is 4.11. The Morgan fingerprint density at radius 2 is 2.04 bits per heavy atom. The van der Waals surface area contributed by atoms with Crippen LogP contribution in [0.15, 0.2) is 23.1 Å². The van der Waals surface area contributed by atoms with Crippen molar-refractivity contribution in [2.24, 2.45) is 0 Å². The molecule has 9 nitrogen and oxygen atoms in total. The number of nitrogens with zero attached hydrogens (tertiary/aromatic N) is 4. The average molecular weight is 392 g/mol. The van der Waals surface area contributed by atoms with Crippen LogP contribution in [0.4, 0.5) is 5.82 Å². The van der Waals surface area contributed by atoms with E-state index in [0.29, 0.717) is 13.1 Å². The van der Waals surface area contributed by atoms with Crippen molar-refractivity contribution < 1.29 is 13.2 Å². The molecule has 26 heavy (non-hydrogen) atoms. The number of rotatable bonds is 4. The minimum absolute atomic E-state index is 0.0230. The van der Waals surface area contributed by atoms with Gasteiger partial charge in [0, 0.05) is 13.1 Å². The first-order chi connectivity index (χ1) is 12.4. The molecule has 11 heteroatoms. The Balaban J connectivity index is 1.63. The van der Waals surface area contributed by atoms with Gasteiger partial charge in [-0.2, -0.15) is 5.21 Å². The van der Waals surface area contributed by atoms with Crippen molar-refractivity contribution in [3.63, 3.8) is 0 Å². The molecule has 1 aliphatic heterocycles. The highest BCUT2D eigenvalue weighted by Gasteiger charge is 2.27. The lowest BCUT2D eigenvalue weighted by Crippen LogP contribution is -2.29. The first-order valence-corrected chi connectivity index (χ1v) is 10.3. The minimum Gasteiger partial charge on any atom is -0.337 e. The van der Waals surface area contributed by atoms with Crippen LogP contribution < -0.4 is 4.72 Å². The SMILES string of the molecule is Cc1nc2ccc(S(=O)(=O)Nc3n[nH]nc3C(=O)N3CCCC3)cc2s1. The number of hydrogen-bond acceptors (Lipinski definition) is 7. The van der Waals surface area contributed by atoms with Gasteiger partial charge in [0.15, 0.2) is 11.5 Å². The second-order valence-electron chi connectivity index (χ2n) is 5.99. The number of aromatic amines is 1. The highest BCUT2D eigenvalue weighted by Crippen LogP contribution is 2.26. The lowest BCUT2D eigenvalue weighted by atomic mass is 10.3. The van der Waals surface area contributed by atoms with Crippen molar-refractivity contribution in [1.29, 1.82) is 0 Å². The van der Waals surface area contributed by atoms with E-state index in [0.717, 1.165) is 28.1 Å². The summed E-state index contributed by atoms with van der Waals surface area (Å²) in [6, 6.07) is 4.70. The number of nitrogens with one attached hydrogen (secondary N) is 2. The second-order valence-corrected chi connectivity index (χ2v) is 8.91. The van der Waals surface area contributed by atoms with Gasteiger partial charge in [-0.15, -0.1) is 21.5 Å². The maximum atomic E-state index is 12.7. The van der Waals surface area contributed by atoms with Crippen LogP contribution in [0.25, 0.3) is 10.2 Å². The number of aryl methyl sites for hydroxylation is 1. The normalized spacial score (nSPS) is 14.9. The van der Waals surface area contributed by atoms with E-state index in [1.807, 2.05) is 6.92 Å². The van der Waals surface area contributed by atoms with Gasteiger partial charge in [-0.25, -0.2) is 13.4 Å².